The summed E-state index contributed by atoms with van der Waals surface area (Å²) < 4.78 is 5.51. The van der Waals surface area contributed by atoms with E-state index in [1.54, 1.807) is 7.11 Å². The quantitative estimate of drug-likeness (QED) is 0.911. The topological polar surface area (TPSA) is 46.5 Å². The van der Waals surface area contributed by atoms with E-state index in [1.165, 1.54) is 0 Å². The molecule has 0 saturated carbocycles. The largest absolute Gasteiger partial charge is 0.496 e. The average Bonchev–Trinajstić information content (AvgIpc) is 2.24. The van der Waals surface area contributed by atoms with Crippen molar-refractivity contribution in [1.82, 2.24) is 0 Å². The van der Waals surface area contributed by atoms with E-state index in [4.69, 9.17) is 9.84 Å². The van der Waals surface area contributed by atoms with Crippen LogP contribution >= 0.6 is 0 Å². The molecule has 1 rings (SSSR count). The van der Waals surface area contributed by atoms with Crippen LogP contribution in [0, 0.1) is 0 Å². The smallest absolute Gasteiger partial charge is 0.307 e. The Morgan fingerprint density at radius 1 is 1.10 bits per heavy atom. The van der Waals surface area contributed by atoms with Gasteiger partial charge in [-0.1, -0.05) is 53.7 Å². The Balaban J connectivity index is 3.60. The predicted molar refractivity (Wildman–Crippen MR) is 81.7 cm³/mol. The first-order chi connectivity index (χ1) is 8.96. The highest BCUT2D eigenvalue weighted by Gasteiger charge is 2.26. The minimum absolute atomic E-state index is 0.0177. The fraction of sp³-hybridized carbons (Fsp3) is 0.588. The highest BCUT2D eigenvalue weighted by Crippen LogP contribution is 2.38. The van der Waals surface area contributed by atoms with E-state index in [9.17, 15) is 4.79 Å². The van der Waals surface area contributed by atoms with Crippen molar-refractivity contribution >= 4 is 5.97 Å². The first-order valence-corrected chi connectivity index (χ1v) is 6.90. The number of benzene rings is 1. The molecule has 0 spiro atoms. The standard InChI is InChI=1S/C17H26O3/c1-16(2,3)12-8-11(9-14(18)19)15(20-7)13(10-12)17(4,5)6/h8,10H,9H2,1-7H3,(H,18,19). The summed E-state index contributed by atoms with van der Waals surface area (Å²) in [7, 11) is 1.60. The molecule has 112 valence electrons. The third-order valence-corrected chi connectivity index (χ3v) is 3.39. The minimum atomic E-state index is -0.839. The van der Waals surface area contributed by atoms with Crippen molar-refractivity contribution in [3.63, 3.8) is 0 Å². The van der Waals surface area contributed by atoms with Crippen molar-refractivity contribution in [3.05, 3.63) is 28.8 Å². The Labute approximate surface area is 122 Å². The zero-order chi connectivity index (χ0) is 15.7. The Bertz CT molecular complexity index is 502. The van der Waals surface area contributed by atoms with Gasteiger partial charge in [0.05, 0.1) is 13.5 Å². The van der Waals surface area contributed by atoms with Crippen molar-refractivity contribution < 1.29 is 14.6 Å². The summed E-state index contributed by atoms with van der Waals surface area (Å²) >= 11 is 0. The second kappa shape index (κ2) is 5.47. The maximum atomic E-state index is 11.1. The van der Waals surface area contributed by atoms with Gasteiger partial charge in [-0.2, -0.15) is 0 Å². The lowest BCUT2D eigenvalue weighted by Gasteiger charge is -2.28. The van der Waals surface area contributed by atoms with Crippen molar-refractivity contribution in [2.45, 2.75) is 58.8 Å². The monoisotopic (exact) mass is 278 g/mol. The SMILES string of the molecule is COc1c(CC(=O)O)cc(C(C)(C)C)cc1C(C)(C)C. The zero-order valence-corrected chi connectivity index (χ0v) is 13.6. The van der Waals surface area contributed by atoms with Crippen LogP contribution in [0.15, 0.2) is 12.1 Å². The van der Waals surface area contributed by atoms with Crippen LogP contribution in [0.3, 0.4) is 0 Å². The van der Waals surface area contributed by atoms with Gasteiger partial charge >= 0.3 is 5.97 Å². The third-order valence-electron chi connectivity index (χ3n) is 3.39. The van der Waals surface area contributed by atoms with Gasteiger partial charge < -0.3 is 9.84 Å². The number of carbonyl (C=O) groups is 1. The van der Waals surface area contributed by atoms with Gasteiger partial charge in [0.2, 0.25) is 0 Å². The molecule has 0 amide bonds. The van der Waals surface area contributed by atoms with Gasteiger partial charge in [0.1, 0.15) is 5.75 Å². The molecule has 0 aliphatic carbocycles. The number of carboxylic acids is 1. The van der Waals surface area contributed by atoms with Gasteiger partial charge in [0.15, 0.2) is 0 Å². The van der Waals surface area contributed by atoms with Gasteiger partial charge in [-0.05, 0) is 16.4 Å². The van der Waals surface area contributed by atoms with E-state index in [-0.39, 0.29) is 17.3 Å². The van der Waals surface area contributed by atoms with Gasteiger partial charge in [-0.25, -0.2) is 0 Å². The lowest BCUT2D eigenvalue weighted by atomic mass is 9.78. The Hall–Kier alpha value is -1.51. The summed E-state index contributed by atoms with van der Waals surface area (Å²) in [6.45, 7) is 12.7. The maximum Gasteiger partial charge on any atom is 0.307 e. The van der Waals surface area contributed by atoms with Crippen LogP contribution in [-0.4, -0.2) is 18.2 Å². The Morgan fingerprint density at radius 3 is 2.00 bits per heavy atom. The molecule has 1 aromatic carbocycles. The van der Waals surface area contributed by atoms with Crippen molar-refractivity contribution in [2.24, 2.45) is 0 Å². The van der Waals surface area contributed by atoms with E-state index in [0.29, 0.717) is 5.75 Å². The molecule has 0 bridgehead atoms. The van der Waals surface area contributed by atoms with E-state index in [2.05, 4.69) is 47.6 Å². The molecular formula is C17H26O3. The van der Waals surface area contributed by atoms with Crippen LogP contribution in [0.2, 0.25) is 0 Å². The first-order valence-electron chi connectivity index (χ1n) is 6.90. The summed E-state index contributed by atoms with van der Waals surface area (Å²) in [6, 6.07) is 4.10. The molecule has 3 heteroatoms. The highest BCUT2D eigenvalue weighted by molar-refractivity contribution is 5.72. The molecule has 3 nitrogen and oxygen atoms in total. The average molecular weight is 278 g/mol. The summed E-state index contributed by atoms with van der Waals surface area (Å²) in [5.74, 6) is -0.137. The molecule has 0 heterocycles. The van der Waals surface area contributed by atoms with Crippen molar-refractivity contribution in [1.29, 1.82) is 0 Å². The summed E-state index contributed by atoms with van der Waals surface area (Å²) in [4.78, 5) is 11.1. The number of hydrogen-bond acceptors (Lipinski definition) is 2. The van der Waals surface area contributed by atoms with Gasteiger partial charge in [-0.15, -0.1) is 0 Å². The van der Waals surface area contributed by atoms with Crippen molar-refractivity contribution in [2.75, 3.05) is 7.11 Å². The number of rotatable bonds is 3. The van der Waals surface area contributed by atoms with Gasteiger partial charge in [-0.3, -0.25) is 4.79 Å². The summed E-state index contributed by atoms with van der Waals surface area (Å²) in [6.07, 6.45) is -0.0177. The zero-order valence-electron chi connectivity index (χ0n) is 13.6. The second-order valence-corrected chi connectivity index (χ2v) is 7.29. The van der Waals surface area contributed by atoms with E-state index >= 15 is 0 Å². The highest BCUT2D eigenvalue weighted by atomic mass is 16.5. The fourth-order valence-electron chi connectivity index (χ4n) is 2.21. The number of ether oxygens (including phenoxy) is 1. The van der Waals surface area contributed by atoms with Crippen LogP contribution < -0.4 is 4.74 Å². The molecule has 0 atom stereocenters. The van der Waals surface area contributed by atoms with Crippen LogP contribution in [0.25, 0.3) is 0 Å². The number of carboxylic acid groups (broad SMARTS) is 1. The fourth-order valence-corrected chi connectivity index (χ4v) is 2.21. The molecule has 0 aliphatic heterocycles. The summed E-state index contributed by atoms with van der Waals surface area (Å²) in [5.41, 5.74) is 2.82. The minimum Gasteiger partial charge on any atom is -0.496 e. The maximum absolute atomic E-state index is 11.1. The molecule has 0 radical (unpaired) electrons. The lowest BCUT2D eigenvalue weighted by Crippen LogP contribution is -2.19. The van der Waals surface area contributed by atoms with Gasteiger partial charge in [0, 0.05) is 11.1 Å². The molecule has 0 aliphatic rings. The Kier molecular flexibility index (Phi) is 4.52. The van der Waals surface area contributed by atoms with E-state index in [0.717, 1.165) is 16.7 Å². The van der Waals surface area contributed by atoms with E-state index in [1.807, 2.05) is 6.07 Å². The third kappa shape index (κ3) is 3.75. The second-order valence-electron chi connectivity index (χ2n) is 7.29. The lowest BCUT2D eigenvalue weighted by molar-refractivity contribution is -0.136. The van der Waals surface area contributed by atoms with Crippen LogP contribution in [-0.2, 0) is 22.0 Å². The number of hydrogen-bond donors (Lipinski definition) is 1. The van der Waals surface area contributed by atoms with Gasteiger partial charge in [0.25, 0.3) is 0 Å². The first kappa shape index (κ1) is 16.5. The molecule has 1 aromatic rings. The Morgan fingerprint density at radius 2 is 1.65 bits per heavy atom. The number of aliphatic carboxylic acids is 1. The normalized spacial score (nSPS) is 12.3. The van der Waals surface area contributed by atoms with Crippen LogP contribution in [0.1, 0.15) is 58.2 Å². The molecule has 0 aromatic heterocycles. The molecule has 0 saturated heterocycles. The molecule has 20 heavy (non-hydrogen) atoms. The molecule has 1 N–H and O–H groups in total. The van der Waals surface area contributed by atoms with E-state index < -0.39 is 5.97 Å². The molecular weight excluding hydrogens is 252 g/mol. The predicted octanol–water partition coefficient (Wildman–Crippen LogP) is 3.92. The number of methoxy groups -OCH3 is 1. The molecule has 0 fully saturated rings. The van der Waals surface area contributed by atoms with Crippen LogP contribution in [0.4, 0.5) is 0 Å². The van der Waals surface area contributed by atoms with Crippen molar-refractivity contribution in [3.8, 4) is 5.75 Å². The van der Waals surface area contributed by atoms with Crippen LogP contribution in [0.5, 0.6) is 5.75 Å². The molecule has 0 unspecified atom stereocenters. The summed E-state index contributed by atoms with van der Waals surface area (Å²) in [5, 5.41) is 9.12.